The molecule has 3 rings (SSSR count). The third-order valence-corrected chi connectivity index (χ3v) is 4.63. The van der Waals surface area contributed by atoms with E-state index in [0.29, 0.717) is 18.7 Å². The molecule has 0 radical (unpaired) electrons. The number of para-hydroxylation sites is 1. The summed E-state index contributed by atoms with van der Waals surface area (Å²) in [6, 6.07) is 16.2. The number of nitrogens with zero attached hydrogens (tertiary/aromatic N) is 1. The number of thioether (sulfide) groups is 1. The highest BCUT2D eigenvalue weighted by Crippen LogP contribution is 2.22. The van der Waals surface area contributed by atoms with Gasteiger partial charge in [0.05, 0.1) is 0 Å². The zero-order chi connectivity index (χ0) is 16.9. The van der Waals surface area contributed by atoms with Gasteiger partial charge in [-0.3, -0.25) is 4.79 Å². The number of rotatable bonds is 4. The first-order valence-electron chi connectivity index (χ1n) is 7.75. The number of amides is 3. The molecule has 2 N–H and O–H groups in total. The lowest BCUT2D eigenvalue weighted by Crippen LogP contribution is -2.43. The number of nitrogens with one attached hydrogen (secondary N) is 2. The van der Waals surface area contributed by atoms with Crippen LogP contribution in [0.5, 0.6) is 0 Å². The van der Waals surface area contributed by atoms with Gasteiger partial charge >= 0.3 is 6.03 Å². The Kier molecular flexibility index (Phi) is 5.05. The smallest absolute Gasteiger partial charge is 0.319 e. The monoisotopic (exact) mass is 341 g/mol. The van der Waals surface area contributed by atoms with Crippen LogP contribution in [0.2, 0.25) is 0 Å². The second-order valence-electron chi connectivity index (χ2n) is 5.50. The molecular weight excluding hydrogens is 322 g/mol. The molecule has 2 aromatic rings. The van der Waals surface area contributed by atoms with Gasteiger partial charge in [-0.1, -0.05) is 24.3 Å². The van der Waals surface area contributed by atoms with Gasteiger partial charge in [-0.2, -0.15) is 0 Å². The highest BCUT2D eigenvalue weighted by Gasteiger charge is 2.33. The van der Waals surface area contributed by atoms with Crippen LogP contribution in [0.25, 0.3) is 0 Å². The van der Waals surface area contributed by atoms with Gasteiger partial charge in [-0.05, 0) is 43.0 Å². The molecule has 0 spiro atoms. The minimum absolute atomic E-state index is 0.0748. The highest BCUT2D eigenvalue weighted by molar-refractivity contribution is 7.98. The molecule has 0 bridgehead atoms. The minimum atomic E-state index is -0.492. The summed E-state index contributed by atoms with van der Waals surface area (Å²) in [7, 11) is 0. The molecule has 0 unspecified atom stereocenters. The molecule has 2 aromatic carbocycles. The number of carbonyl (C=O) groups excluding carboxylic acids is 2. The molecule has 0 aromatic heterocycles. The summed E-state index contributed by atoms with van der Waals surface area (Å²) in [5.41, 5.74) is 1.57. The first-order chi connectivity index (χ1) is 11.7. The lowest BCUT2D eigenvalue weighted by Gasteiger charge is -2.17. The summed E-state index contributed by atoms with van der Waals surface area (Å²) in [5, 5.41) is 5.55. The van der Waals surface area contributed by atoms with Crippen LogP contribution in [0.3, 0.4) is 0 Å². The van der Waals surface area contributed by atoms with Gasteiger partial charge < -0.3 is 15.5 Å². The maximum atomic E-state index is 12.5. The van der Waals surface area contributed by atoms with E-state index in [1.165, 1.54) is 0 Å². The zero-order valence-corrected chi connectivity index (χ0v) is 14.2. The van der Waals surface area contributed by atoms with E-state index in [1.807, 2.05) is 60.9 Å². The summed E-state index contributed by atoms with van der Waals surface area (Å²) in [5.74, 6) is -0.0748. The van der Waals surface area contributed by atoms with E-state index in [-0.39, 0.29) is 11.9 Å². The fourth-order valence-electron chi connectivity index (χ4n) is 2.70. The van der Waals surface area contributed by atoms with Crippen LogP contribution in [0.15, 0.2) is 59.5 Å². The fourth-order valence-corrected chi connectivity index (χ4v) is 3.16. The maximum absolute atomic E-state index is 12.5. The summed E-state index contributed by atoms with van der Waals surface area (Å²) < 4.78 is 0. The number of anilines is 2. The first-order valence-corrected chi connectivity index (χ1v) is 8.98. The van der Waals surface area contributed by atoms with Crippen LogP contribution < -0.4 is 15.5 Å². The van der Waals surface area contributed by atoms with Crippen molar-refractivity contribution >= 4 is 35.1 Å². The third kappa shape index (κ3) is 3.71. The predicted octanol–water partition coefficient (Wildman–Crippen LogP) is 3.34. The molecule has 5 nitrogen and oxygen atoms in total. The summed E-state index contributed by atoms with van der Waals surface area (Å²) in [6.45, 7) is 0.607. The Balaban J connectivity index is 1.60. The van der Waals surface area contributed by atoms with Crippen LogP contribution in [0.1, 0.15) is 6.42 Å². The number of carbonyl (C=O) groups is 2. The second-order valence-corrected chi connectivity index (χ2v) is 6.38. The van der Waals surface area contributed by atoms with Crippen LogP contribution in [-0.2, 0) is 4.79 Å². The van der Waals surface area contributed by atoms with E-state index in [2.05, 4.69) is 10.6 Å². The van der Waals surface area contributed by atoms with E-state index in [1.54, 1.807) is 16.7 Å². The van der Waals surface area contributed by atoms with Crippen molar-refractivity contribution in [1.82, 2.24) is 5.32 Å². The molecule has 1 aliphatic heterocycles. The van der Waals surface area contributed by atoms with Gasteiger partial charge in [0.25, 0.3) is 0 Å². The lowest BCUT2D eigenvalue weighted by atomic mass is 10.2. The van der Waals surface area contributed by atoms with E-state index in [0.717, 1.165) is 10.6 Å². The molecule has 1 fully saturated rings. The average molecular weight is 341 g/mol. The van der Waals surface area contributed by atoms with Crippen LogP contribution in [0.4, 0.5) is 16.2 Å². The fraction of sp³-hybridized carbons (Fsp3) is 0.222. The largest absolute Gasteiger partial charge is 0.326 e. The van der Waals surface area contributed by atoms with Crippen LogP contribution in [0, 0.1) is 0 Å². The number of hydrogen-bond acceptors (Lipinski definition) is 3. The highest BCUT2D eigenvalue weighted by atomic mass is 32.2. The van der Waals surface area contributed by atoms with Crippen molar-refractivity contribution < 1.29 is 9.59 Å². The minimum Gasteiger partial charge on any atom is -0.326 e. The van der Waals surface area contributed by atoms with Crippen molar-refractivity contribution in [3.05, 3.63) is 54.6 Å². The standard InChI is InChI=1S/C18H19N3O2S/c1-24-15-9-5-6-13(12-15)19-18(23)20-16-10-11-21(17(16)22)14-7-3-2-4-8-14/h2-9,12,16H,10-11H2,1H3,(H2,19,20,23)/t16-/m0/s1. The average Bonchev–Trinajstić information content (AvgIpc) is 2.96. The molecule has 1 heterocycles. The SMILES string of the molecule is CSc1cccc(NC(=O)N[C@H]2CCN(c3ccccc3)C2=O)c1. The number of benzene rings is 2. The van der Waals surface area contributed by atoms with Crippen molar-refractivity contribution in [2.24, 2.45) is 0 Å². The van der Waals surface area contributed by atoms with E-state index in [9.17, 15) is 9.59 Å². The molecule has 1 aliphatic rings. The Hall–Kier alpha value is -2.47. The van der Waals surface area contributed by atoms with E-state index in [4.69, 9.17) is 0 Å². The summed E-state index contributed by atoms with van der Waals surface area (Å²) in [4.78, 5) is 27.4. The number of urea groups is 1. The van der Waals surface area contributed by atoms with E-state index < -0.39 is 6.04 Å². The van der Waals surface area contributed by atoms with Crippen molar-refractivity contribution in [3.63, 3.8) is 0 Å². The van der Waals surface area contributed by atoms with E-state index >= 15 is 0 Å². The molecule has 124 valence electrons. The molecule has 1 atom stereocenters. The summed E-state index contributed by atoms with van der Waals surface area (Å²) in [6.07, 6.45) is 2.58. The van der Waals surface area contributed by atoms with Gasteiger partial charge in [0.1, 0.15) is 6.04 Å². The van der Waals surface area contributed by atoms with Crippen molar-refractivity contribution in [2.45, 2.75) is 17.4 Å². The molecule has 3 amide bonds. The molecule has 6 heteroatoms. The van der Waals surface area contributed by atoms with Gasteiger partial charge in [0, 0.05) is 22.8 Å². The Morgan fingerprint density at radius 2 is 1.96 bits per heavy atom. The quantitative estimate of drug-likeness (QED) is 0.839. The van der Waals surface area contributed by atoms with Crippen molar-refractivity contribution in [3.8, 4) is 0 Å². The van der Waals surface area contributed by atoms with Crippen LogP contribution in [-0.4, -0.2) is 30.8 Å². The normalized spacial score (nSPS) is 17.0. The lowest BCUT2D eigenvalue weighted by molar-refractivity contribution is -0.118. The molecule has 24 heavy (non-hydrogen) atoms. The Bertz CT molecular complexity index is 736. The van der Waals surface area contributed by atoms with Gasteiger partial charge in [0.2, 0.25) is 5.91 Å². The van der Waals surface area contributed by atoms with Gasteiger partial charge in [-0.25, -0.2) is 4.79 Å². The van der Waals surface area contributed by atoms with Gasteiger partial charge in [0.15, 0.2) is 0 Å². The maximum Gasteiger partial charge on any atom is 0.319 e. The number of hydrogen-bond donors (Lipinski definition) is 2. The molecule has 0 saturated carbocycles. The predicted molar refractivity (Wildman–Crippen MR) is 97.6 cm³/mol. The van der Waals surface area contributed by atoms with Gasteiger partial charge in [-0.15, -0.1) is 11.8 Å². The third-order valence-electron chi connectivity index (χ3n) is 3.91. The van der Waals surface area contributed by atoms with Crippen molar-refractivity contribution in [1.29, 1.82) is 0 Å². The molecule has 1 saturated heterocycles. The second kappa shape index (κ2) is 7.40. The Morgan fingerprint density at radius 3 is 2.71 bits per heavy atom. The zero-order valence-electron chi connectivity index (χ0n) is 13.4. The Morgan fingerprint density at radius 1 is 1.17 bits per heavy atom. The first kappa shape index (κ1) is 16.4. The van der Waals surface area contributed by atoms with Crippen LogP contribution >= 0.6 is 11.8 Å². The molecule has 0 aliphatic carbocycles. The topological polar surface area (TPSA) is 61.4 Å². The summed E-state index contributed by atoms with van der Waals surface area (Å²) >= 11 is 1.61. The molecular formula is C18H19N3O2S. The Labute approximate surface area is 145 Å². The van der Waals surface area contributed by atoms with Crippen molar-refractivity contribution in [2.75, 3.05) is 23.0 Å².